The molecule has 0 atom stereocenters. The van der Waals surface area contributed by atoms with Crippen LogP contribution in [0.2, 0.25) is 0 Å². The molecule has 0 unspecified atom stereocenters. The quantitative estimate of drug-likeness (QED) is 0.519. The van der Waals surface area contributed by atoms with Crippen molar-refractivity contribution in [1.82, 2.24) is 9.80 Å². The molecule has 1 heterocycles. The van der Waals surface area contributed by atoms with Crippen LogP contribution in [0.25, 0.3) is 0 Å². The van der Waals surface area contributed by atoms with Gasteiger partial charge < -0.3 is 15.5 Å². The maximum Gasteiger partial charge on any atom is 0.313 e. The summed E-state index contributed by atoms with van der Waals surface area (Å²) in [4.78, 5) is 25.3. The van der Waals surface area contributed by atoms with Crippen molar-refractivity contribution in [2.24, 2.45) is 5.73 Å². The highest BCUT2D eigenvalue weighted by Crippen LogP contribution is 2.02. The van der Waals surface area contributed by atoms with Gasteiger partial charge in [0.15, 0.2) is 0 Å². The van der Waals surface area contributed by atoms with Gasteiger partial charge in [-0.2, -0.15) is 0 Å². The first-order valence-electron chi connectivity index (χ1n) is 3.99. The van der Waals surface area contributed by atoms with E-state index in [4.69, 9.17) is 5.73 Å². The Bertz CT molecular complexity index is 183. The van der Waals surface area contributed by atoms with Crippen molar-refractivity contribution in [2.45, 2.75) is 6.92 Å². The number of amides is 2. The molecule has 0 aromatic carbocycles. The summed E-state index contributed by atoms with van der Waals surface area (Å²) in [5, 5.41) is 0. The van der Waals surface area contributed by atoms with Crippen LogP contribution in [0, 0.1) is 0 Å². The monoisotopic (exact) mass is 171 g/mol. The Balaban J connectivity index is 2.65. The summed E-state index contributed by atoms with van der Waals surface area (Å²) in [6, 6.07) is 0. The number of carbonyl (C=O) groups excluding carboxylic acids is 2. The first kappa shape index (κ1) is 8.99. The minimum Gasteiger partial charge on any atom is -0.333 e. The molecule has 5 heteroatoms. The van der Waals surface area contributed by atoms with Gasteiger partial charge in [-0.3, -0.25) is 9.59 Å². The maximum absolute atomic E-state index is 11.2. The summed E-state index contributed by atoms with van der Waals surface area (Å²) in [5.41, 5.74) is 5.28. The lowest BCUT2D eigenvalue weighted by Gasteiger charge is -2.31. The van der Waals surface area contributed by atoms with E-state index in [9.17, 15) is 9.59 Å². The lowest BCUT2D eigenvalue weighted by atomic mass is 10.3. The second-order valence-electron chi connectivity index (χ2n) is 2.64. The molecule has 0 spiro atoms. The molecular formula is C7H13N3O2. The third-order valence-electron chi connectivity index (χ3n) is 2.00. The van der Waals surface area contributed by atoms with Crippen LogP contribution in [0.5, 0.6) is 0 Å². The van der Waals surface area contributed by atoms with Crippen LogP contribution >= 0.6 is 0 Å². The zero-order valence-corrected chi connectivity index (χ0v) is 7.12. The van der Waals surface area contributed by atoms with E-state index in [2.05, 4.69) is 0 Å². The van der Waals surface area contributed by atoms with Crippen LogP contribution in [0.15, 0.2) is 0 Å². The van der Waals surface area contributed by atoms with Gasteiger partial charge in [-0.15, -0.1) is 0 Å². The number of likely N-dealkylation sites (N-methyl/N-ethyl adjacent to an activating group) is 1. The highest BCUT2D eigenvalue weighted by atomic mass is 16.2. The molecule has 1 saturated heterocycles. The van der Waals surface area contributed by atoms with E-state index >= 15 is 0 Å². The van der Waals surface area contributed by atoms with E-state index < -0.39 is 11.8 Å². The van der Waals surface area contributed by atoms with Crippen LogP contribution < -0.4 is 5.73 Å². The molecule has 0 saturated carbocycles. The average molecular weight is 171 g/mol. The van der Waals surface area contributed by atoms with Crippen LogP contribution in [-0.2, 0) is 9.59 Å². The standard InChI is InChI=1S/C7H13N3O2/c1-2-9-3-4-10(5-8)7(12)6(9)11/h2-5,8H2,1H3. The van der Waals surface area contributed by atoms with Gasteiger partial charge in [0.1, 0.15) is 0 Å². The second-order valence-corrected chi connectivity index (χ2v) is 2.64. The fourth-order valence-electron chi connectivity index (χ4n) is 1.19. The smallest absolute Gasteiger partial charge is 0.313 e. The molecule has 1 aliphatic heterocycles. The topological polar surface area (TPSA) is 66.6 Å². The molecule has 0 aliphatic carbocycles. The van der Waals surface area contributed by atoms with Crippen molar-refractivity contribution in [3.63, 3.8) is 0 Å². The minimum absolute atomic E-state index is 0.127. The number of carbonyl (C=O) groups is 2. The highest BCUT2D eigenvalue weighted by Gasteiger charge is 2.30. The molecular weight excluding hydrogens is 158 g/mol. The van der Waals surface area contributed by atoms with Crippen molar-refractivity contribution in [2.75, 3.05) is 26.3 Å². The lowest BCUT2D eigenvalue weighted by Crippen LogP contribution is -2.55. The molecule has 0 radical (unpaired) electrons. The molecule has 0 aromatic rings. The first-order chi connectivity index (χ1) is 5.70. The van der Waals surface area contributed by atoms with E-state index in [-0.39, 0.29) is 6.67 Å². The Morgan fingerprint density at radius 2 is 1.75 bits per heavy atom. The molecule has 12 heavy (non-hydrogen) atoms. The van der Waals surface area contributed by atoms with Crippen molar-refractivity contribution < 1.29 is 9.59 Å². The molecule has 1 rings (SSSR count). The largest absolute Gasteiger partial charge is 0.333 e. The van der Waals surface area contributed by atoms with Gasteiger partial charge in [-0.1, -0.05) is 0 Å². The second kappa shape index (κ2) is 3.53. The summed E-state index contributed by atoms with van der Waals surface area (Å²) in [6.07, 6.45) is 0. The zero-order chi connectivity index (χ0) is 9.14. The Labute approximate surface area is 71.1 Å². The number of nitrogens with zero attached hydrogens (tertiary/aromatic N) is 2. The summed E-state index contributed by atoms with van der Waals surface area (Å²) < 4.78 is 0. The van der Waals surface area contributed by atoms with E-state index in [0.717, 1.165) is 0 Å². The molecule has 5 nitrogen and oxygen atoms in total. The summed E-state index contributed by atoms with van der Waals surface area (Å²) in [6.45, 7) is 3.71. The van der Waals surface area contributed by atoms with Gasteiger partial charge in [-0.25, -0.2) is 0 Å². The van der Waals surface area contributed by atoms with Gasteiger partial charge in [-0.05, 0) is 6.92 Å². The van der Waals surface area contributed by atoms with Crippen LogP contribution in [0.1, 0.15) is 6.92 Å². The van der Waals surface area contributed by atoms with Gasteiger partial charge in [0.05, 0.1) is 6.67 Å². The van der Waals surface area contributed by atoms with E-state index in [0.29, 0.717) is 19.6 Å². The fraction of sp³-hybridized carbons (Fsp3) is 0.714. The molecule has 2 amide bonds. The highest BCUT2D eigenvalue weighted by molar-refractivity contribution is 6.35. The van der Waals surface area contributed by atoms with Crippen molar-refractivity contribution >= 4 is 11.8 Å². The molecule has 68 valence electrons. The SMILES string of the molecule is CCN1CCN(CN)C(=O)C1=O. The van der Waals surface area contributed by atoms with Crippen LogP contribution in [-0.4, -0.2) is 47.9 Å². The van der Waals surface area contributed by atoms with Crippen molar-refractivity contribution in [3.05, 3.63) is 0 Å². The van der Waals surface area contributed by atoms with E-state index in [1.54, 1.807) is 0 Å². The van der Waals surface area contributed by atoms with Gasteiger partial charge in [0.2, 0.25) is 0 Å². The molecule has 1 aliphatic rings. The normalized spacial score (nSPS) is 18.8. The summed E-state index contributed by atoms with van der Waals surface area (Å²) >= 11 is 0. The summed E-state index contributed by atoms with van der Waals surface area (Å²) in [5.74, 6) is -0.917. The fourth-order valence-corrected chi connectivity index (χ4v) is 1.19. The van der Waals surface area contributed by atoms with Gasteiger partial charge in [0, 0.05) is 19.6 Å². The number of hydrogen-bond donors (Lipinski definition) is 1. The third-order valence-corrected chi connectivity index (χ3v) is 2.00. The Morgan fingerprint density at radius 3 is 2.25 bits per heavy atom. The van der Waals surface area contributed by atoms with Crippen molar-refractivity contribution in [1.29, 1.82) is 0 Å². The number of rotatable bonds is 2. The maximum atomic E-state index is 11.2. The number of piperazine rings is 1. The molecule has 1 fully saturated rings. The molecule has 2 N–H and O–H groups in total. The predicted octanol–water partition coefficient (Wildman–Crippen LogP) is -1.41. The van der Waals surface area contributed by atoms with Crippen LogP contribution in [0.3, 0.4) is 0 Å². The van der Waals surface area contributed by atoms with Gasteiger partial charge in [0.25, 0.3) is 0 Å². The zero-order valence-electron chi connectivity index (χ0n) is 7.12. The summed E-state index contributed by atoms with van der Waals surface area (Å²) in [7, 11) is 0. The molecule has 0 aromatic heterocycles. The Hall–Kier alpha value is -1.10. The van der Waals surface area contributed by atoms with Gasteiger partial charge >= 0.3 is 11.8 Å². The number of nitrogens with two attached hydrogens (primary N) is 1. The lowest BCUT2D eigenvalue weighted by molar-refractivity contribution is -0.155. The number of hydrogen-bond acceptors (Lipinski definition) is 3. The predicted molar refractivity (Wildman–Crippen MR) is 43.0 cm³/mol. The van der Waals surface area contributed by atoms with Crippen LogP contribution in [0.4, 0.5) is 0 Å². The Morgan fingerprint density at radius 1 is 1.25 bits per heavy atom. The van der Waals surface area contributed by atoms with E-state index in [1.165, 1.54) is 9.80 Å². The Kier molecular flexibility index (Phi) is 2.65. The van der Waals surface area contributed by atoms with Crippen molar-refractivity contribution in [3.8, 4) is 0 Å². The average Bonchev–Trinajstić information content (AvgIpc) is 2.10. The minimum atomic E-state index is -0.481. The third kappa shape index (κ3) is 1.40. The first-order valence-corrected chi connectivity index (χ1v) is 3.99. The molecule has 0 bridgehead atoms. The van der Waals surface area contributed by atoms with E-state index in [1.807, 2.05) is 6.92 Å².